The van der Waals surface area contributed by atoms with E-state index in [0.29, 0.717) is 22.6 Å². The number of hydrogen-bond acceptors (Lipinski definition) is 4. The lowest BCUT2D eigenvalue weighted by Gasteiger charge is -2.29. The van der Waals surface area contributed by atoms with Crippen molar-refractivity contribution < 1.29 is 24.5 Å². The summed E-state index contributed by atoms with van der Waals surface area (Å²) >= 11 is 3.33. The van der Waals surface area contributed by atoms with Gasteiger partial charge in [0.2, 0.25) is 0 Å². The number of carbonyl (C=O) groups is 1. The van der Waals surface area contributed by atoms with Crippen LogP contribution in [0.4, 0.5) is 0 Å². The van der Waals surface area contributed by atoms with Crippen molar-refractivity contribution in [1.82, 2.24) is 0 Å². The van der Waals surface area contributed by atoms with Crippen LogP contribution in [0.5, 0.6) is 11.5 Å². The van der Waals surface area contributed by atoms with E-state index in [4.69, 9.17) is 14.6 Å². The molecule has 0 saturated heterocycles. The summed E-state index contributed by atoms with van der Waals surface area (Å²) in [6.45, 7) is 2.22. The summed E-state index contributed by atoms with van der Waals surface area (Å²) in [6, 6.07) is 2.93. The smallest absolute Gasteiger partial charge is 0.335 e. The summed E-state index contributed by atoms with van der Waals surface area (Å²) in [4.78, 5) is 11.1. The number of aliphatic hydroxyl groups is 1. The average Bonchev–Trinajstić information content (AvgIpc) is 2.44. The van der Waals surface area contributed by atoms with Gasteiger partial charge in [-0.05, 0) is 54.2 Å². The molecule has 1 aliphatic rings. The van der Waals surface area contributed by atoms with E-state index in [0.717, 1.165) is 25.7 Å². The Kier molecular flexibility index (Phi) is 5.47. The van der Waals surface area contributed by atoms with Gasteiger partial charge in [0.15, 0.2) is 11.5 Å². The summed E-state index contributed by atoms with van der Waals surface area (Å²) < 4.78 is 11.9. The molecule has 21 heavy (non-hydrogen) atoms. The van der Waals surface area contributed by atoms with Crippen LogP contribution in [-0.4, -0.2) is 35.0 Å². The highest BCUT2D eigenvalue weighted by Crippen LogP contribution is 2.39. The van der Waals surface area contributed by atoms with E-state index in [2.05, 4.69) is 15.9 Å². The average molecular weight is 359 g/mol. The van der Waals surface area contributed by atoms with Gasteiger partial charge in [0.05, 0.1) is 22.7 Å². The van der Waals surface area contributed by atoms with Gasteiger partial charge in [-0.25, -0.2) is 4.79 Å². The first-order chi connectivity index (χ1) is 10.0. The van der Waals surface area contributed by atoms with Crippen molar-refractivity contribution in [2.24, 2.45) is 0 Å². The van der Waals surface area contributed by atoms with Crippen molar-refractivity contribution in [2.45, 2.75) is 44.8 Å². The SMILES string of the molecule is CCOc1cc(C(=O)O)cc(Br)c1OC1CCCCC1O. The number of halogens is 1. The molecule has 2 N–H and O–H groups in total. The molecule has 6 heteroatoms. The Morgan fingerprint density at radius 1 is 1.38 bits per heavy atom. The molecule has 116 valence electrons. The fourth-order valence-corrected chi connectivity index (χ4v) is 2.97. The zero-order chi connectivity index (χ0) is 15.4. The Morgan fingerprint density at radius 2 is 2.10 bits per heavy atom. The van der Waals surface area contributed by atoms with Crippen LogP contribution in [0.1, 0.15) is 43.0 Å². The van der Waals surface area contributed by atoms with Crippen LogP contribution in [0.25, 0.3) is 0 Å². The van der Waals surface area contributed by atoms with Gasteiger partial charge in [-0.1, -0.05) is 6.42 Å². The fraction of sp³-hybridized carbons (Fsp3) is 0.533. The summed E-state index contributed by atoms with van der Waals surface area (Å²) in [5, 5.41) is 19.1. The van der Waals surface area contributed by atoms with Gasteiger partial charge in [-0.2, -0.15) is 0 Å². The van der Waals surface area contributed by atoms with Crippen molar-refractivity contribution in [3.8, 4) is 11.5 Å². The number of aromatic carboxylic acids is 1. The maximum atomic E-state index is 11.1. The minimum atomic E-state index is -1.03. The predicted molar refractivity (Wildman–Crippen MR) is 81.2 cm³/mol. The number of hydrogen-bond donors (Lipinski definition) is 2. The summed E-state index contributed by atoms with van der Waals surface area (Å²) in [5.74, 6) is -0.198. The van der Waals surface area contributed by atoms with Crippen LogP contribution in [0, 0.1) is 0 Å². The van der Waals surface area contributed by atoms with Crippen LogP contribution in [0.2, 0.25) is 0 Å². The molecule has 0 radical (unpaired) electrons. The van der Waals surface area contributed by atoms with Crippen molar-refractivity contribution in [3.05, 3.63) is 22.2 Å². The minimum absolute atomic E-state index is 0.127. The second-order valence-corrected chi connectivity index (χ2v) is 5.89. The Balaban J connectivity index is 2.30. The molecule has 0 aliphatic heterocycles. The maximum Gasteiger partial charge on any atom is 0.335 e. The van der Waals surface area contributed by atoms with Gasteiger partial charge in [0, 0.05) is 0 Å². The normalized spacial score (nSPS) is 21.9. The van der Waals surface area contributed by atoms with Crippen molar-refractivity contribution in [1.29, 1.82) is 0 Å². The molecule has 5 nitrogen and oxygen atoms in total. The molecule has 2 unspecified atom stereocenters. The van der Waals surface area contributed by atoms with Gasteiger partial charge in [-0.15, -0.1) is 0 Å². The van der Waals surface area contributed by atoms with Crippen LogP contribution in [-0.2, 0) is 0 Å². The largest absolute Gasteiger partial charge is 0.490 e. The molecule has 0 amide bonds. The summed E-state index contributed by atoms with van der Waals surface area (Å²) in [7, 11) is 0. The Bertz CT molecular complexity index is 517. The number of rotatable bonds is 5. The van der Waals surface area contributed by atoms with E-state index in [1.807, 2.05) is 6.92 Å². The molecule has 1 aliphatic carbocycles. The van der Waals surface area contributed by atoms with Crippen LogP contribution < -0.4 is 9.47 Å². The monoisotopic (exact) mass is 358 g/mol. The predicted octanol–water partition coefficient (Wildman–Crippen LogP) is 3.23. The van der Waals surface area contributed by atoms with E-state index >= 15 is 0 Å². The number of aliphatic hydroxyl groups excluding tert-OH is 1. The highest BCUT2D eigenvalue weighted by atomic mass is 79.9. The van der Waals surface area contributed by atoms with Crippen molar-refractivity contribution in [3.63, 3.8) is 0 Å². The number of benzene rings is 1. The topological polar surface area (TPSA) is 76.0 Å². The molecule has 1 fully saturated rings. The first-order valence-electron chi connectivity index (χ1n) is 7.07. The van der Waals surface area contributed by atoms with Gasteiger partial charge in [0.25, 0.3) is 0 Å². The highest BCUT2D eigenvalue weighted by molar-refractivity contribution is 9.10. The van der Waals surface area contributed by atoms with Crippen molar-refractivity contribution >= 4 is 21.9 Å². The molecule has 1 saturated carbocycles. The Morgan fingerprint density at radius 3 is 2.71 bits per heavy atom. The first kappa shape index (κ1) is 16.1. The minimum Gasteiger partial charge on any atom is -0.490 e. The second kappa shape index (κ2) is 7.13. The lowest BCUT2D eigenvalue weighted by molar-refractivity contribution is 0.00501. The van der Waals surface area contributed by atoms with Gasteiger partial charge in [-0.3, -0.25) is 0 Å². The molecular weight excluding hydrogens is 340 g/mol. The van der Waals surface area contributed by atoms with Gasteiger partial charge >= 0.3 is 5.97 Å². The summed E-state index contributed by atoms with van der Waals surface area (Å²) in [5.41, 5.74) is 0.127. The van der Waals surface area contributed by atoms with E-state index in [1.54, 1.807) is 0 Å². The molecule has 0 bridgehead atoms. The zero-order valence-corrected chi connectivity index (χ0v) is 13.4. The molecular formula is C15H19BrO5. The number of carboxylic acids is 1. The zero-order valence-electron chi connectivity index (χ0n) is 11.8. The molecule has 0 heterocycles. The standard InChI is InChI=1S/C15H19BrO5/c1-2-20-13-8-9(15(18)19)7-10(16)14(13)21-12-6-4-3-5-11(12)17/h7-8,11-12,17H,2-6H2,1H3,(H,18,19). The van der Waals surface area contributed by atoms with E-state index < -0.39 is 12.1 Å². The van der Waals surface area contributed by atoms with Crippen molar-refractivity contribution in [2.75, 3.05) is 6.61 Å². The molecule has 2 rings (SSSR count). The Hall–Kier alpha value is -1.27. The van der Waals surface area contributed by atoms with Crippen LogP contribution >= 0.6 is 15.9 Å². The van der Waals surface area contributed by atoms with Crippen LogP contribution in [0.15, 0.2) is 16.6 Å². The molecule has 1 aromatic carbocycles. The van der Waals surface area contributed by atoms with Gasteiger partial charge < -0.3 is 19.7 Å². The molecule has 1 aromatic rings. The third-order valence-electron chi connectivity index (χ3n) is 3.49. The maximum absolute atomic E-state index is 11.1. The molecule has 0 aromatic heterocycles. The lowest BCUT2D eigenvalue weighted by Crippen LogP contribution is -2.34. The molecule has 2 atom stereocenters. The third-order valence-corrected chi connectivity index (χ3v) is 4.08. The number of ether oxygens (including phenoxy) is 2. The van der Waals surface area contributed by atoms with E-state index in [9.17, 15) is 9.90 Å². The van der Waals surface area contributed by atoms with Crippen LogP contribution in [0.3, 0.4) is 0 Å². The third kappa shape index (κ3) is 3.89. The molecule has 0 spiro atoms. The van der Waals surface area contributed by atoms with Gasteiger partial charge in [0.1, 0.15) is 6.10 Å². The van der Waals surface area contributed by atoms with E-state index in [1.165, 1.54) is 12.1 Å². The second-order valence-electron chi connectivity index (χ2n) is 5.03. The lowest BCUT2D eigenvalue weighted by atomic mass is 9.95. The Labute approximate surface area is 132 Å². The fourth-order valence-electron chi connectivity index (χ4n) is 2.43. The highest BCUT2D eigenvalue weighted by Gasteiger charge is 2.27. The quantitative estimate of drug-likeness (QED) is 0.844. The number of carboxylic acid groups (broad SMARTS) is 1. The van der Waals surface area contributed by atoms with E-state index in [-0.39, 0.29) is 11.7 Å². The first-order valence-corrected chi connectivity index (χ1v) is 7.86. The summed E-state index contributed by atoms with van der Waals surface area (Å²) in [6.07, 6.45) is 2.72.